The van der Waals surface area contributed by atoms with Crippen LogP contribution in [0.5, 0.6) is 5.75 Å². The Balaban J connectivity index is 0.000000454. The topological polar surface area (TPSA) is 142 Å². The molecule has 36 heavy (non-hydrogen) atoms. The number of nitrogens with zero attached hydrogens (tertiary/aromatic N) is 2. The maximum absolute atomic E-state index is 14.3. The standard InChI is InChI=1S/C18H12ClF2N5O3.C2HF3O2/c1-28-15-10(20)3-4-11(14(15)21)24-17-22-7-9(19)16(26-17)23-8-2-5-13-12(6-8)25-18(27)29-13;3-2(4,5)1(6)7/h2-7H,1H3,(H,25,27)(H2,22,23,24,26);(H,6,7). The fraction of sp³-hybridized carbons (Fsp3) is 0.100. The van der Waals surface area contributed by atoms with Gasteiger partial charge < -0.3 is 24.9 Å². The molecule has 0 saturated carbocycles. The summed E-state index contributed by atoms with van der Waals surface area (Å²) in [7, 11) is 1.16. The number of aromatic amines is 1. The van der Waals surface area contributed by atoms with Gasteiger partial charge in [0, 0.05) is 5.69 Å². The summed E-state index contributed by atoms with van der Waals surface area (Å²) in [5.41, 5.74) is 1.38. The molecule has 0 aliphatic carbocycles. The van der Waals surface area contributed by atoms with Crippen LogP contribution in [0.4, 0.5) is 45.1 Å². The molecule has 0 unspecified atom stereocenters. The molecule has 2 heterocycles. The zero-order valence-electron chi connectivity index (χ0n) is 17.7. The highest BCUT2D eigenvalue weighted by Crippen LogP contribution is 2.30. The zero-order chi connectivity index (χ0) is 26.6. The summed E-state index contributed by atoms with van der Waals surface area (Å²) >= 11 is 6.14. The molecule has 2 aromatic heterocycles. The fourth-order valence-electron chi connectivity index (χ4n) is 2.62. The Kier molecular flexibility index (Phi) is 7.62. The van der Waals surface area contributed by atoms with E-state index in [0.29, 0.717) is 16.8 Å². The molecule has 0 aliphatic heterocycles. The zero-order valence-corrected chi connectivity index (χ0v) is 18.5. The molecular formula is C20H13ClF5N5O5. The maximum Gasteiger partial charge on any atom is 0.490 e. The van der Waals surface area contributed by atoms with Crippen molar-refractivity contribution in [3.63, 3.8) is 0 Å². The van der Waals surface area contributed by atoms with E-state index in [9.17, 15) is 26.7 Å². The van der Waals surface area contributed by atoms with Gasteiger partial charge in [-0.05, 0) is 30.3 Å². The second kappa shape index (κ2) is 10.5. The van der Waals surface area contributed by atoms with E-state index in [1.54, 1.807) is 18.2 Å². The minimum absolute atomic E-state index is 0.0160. The number of aliphatic carboxylic acids is 1. The van der Waals surface area contributed by atoms with Gasteiger partial charge in [0.05, 0.1) is 24.5 Å². The van der Waals surface area contributed by atoms with E-state index < -0.39 is 35.3 Å². The van der Waals surface area contributed by atoms with E-state index >= 15 is 0 Å². The van der Waals surface area contributed by atoms with Crippen molar-refractivity contribution < 1.29 is 41.0 Å². The molecule has 0 amide bonds. The number of methoxy groups -OCH3 is 1. The molecule has 4 aromatic rings. The largest absolute Gasteiger partial charge is 0.491 e. The van der Waals surface area contributed by atoms with Gasteiger partial charge in [0.1, 0.15) is 5.02 Å². The normalized spacial score (nSPS) is 11.0. The Bertz CT molecular complexity index is 1470. The number of carbonyl (C=O) groups is 1. The first-order chi connectivity index (χ1) is 16.9. The number of anilines is 4. The third kappa shape index (κ3) is 6.18. The summed E-state index contributed by atoms with van der Waals surface area (Å²) in [4.78, 5) is 30.9. The third-order valence-corrected chi connectivity index (χ3v) is 4.44. The highest BCUT2D eigenvalue weighted by atomic mass is 35.5. The molecule has 0 saturated heterocycles. The molecule has 16 heteroatoms. The van der Waals surface area contributed by atoms with E-state index in [-0.39, 0.29) is 22.5 Å². The SMILES string of the molecule is COc1c(F)ccc(Nc2ncc(Cl)c(Nc3ccc4oc(=O)[nH]c4c3)n2)c1F.O=C(O)C(F)(F)F. The summed E-state index contributed by atoms with van der Waals surface area (Å²) in [6.45, 7) is 0. The Morgan fingerprint density at radius 3 is 2.53 bits per heavy atom. The monoisotopic (exact) mass is 533 g/mol. The number of halogens is 6. The lowest BCUT2D eigenvalue weighted by Gasteiger charge is -2.12. The van der Waals surface area contributed by atoms with Crippen LogP contribution in [-0.2, 0) is 4.79 Å². The van der Waals surface area contributed by atoms with Crippen molar-refractivity contribution in [3.05, 3.63) is 63.7 Å². The van der Waals surface area contributed by atoms with Crippen molar-refractivity contribution in [3.8, 4) is 5.75 Å². The number of rotatable bonds is 5. The van der Waals surface area contributed by atoms with Crippen molar-refractivity contribution in [2.75, 3.05) is 17.7 Å². The highest BCUT2D eigenvalue weighted by Gasteiger charge is 2.38. The van der Waals surface area contributed by atoms with E-state index in [1.165, 1.54) is 12.3 Å². The number of benzene rings is 2. The molecule has 0 spiro atoms. The molecule has 4 rings (SSSR count). The second-order valence-electron chi connectivity index (χ2n) is 6.61. The number of aromatic nitrogens is 3. The number of oxazole rings is 1. The second-order valence-corrected chi connectivity index (χ2v) is 7.02. The summed E-state index contributed by atoms with van der Waals surface area (Å²) in [6, 6.07) is 7.15. The lowest BCUT2D eigenvalue weighted by atomic mass is 10.2. The van der Waals surface area contributed by atoms with Crippen LogP contribution in [0.1, 0.15) is 0 Å². The van der Waals surface area contributed by atoms with E-state index in [0.717, 1.165) is 13.2 Å². The Hall–Kier alpha value is -4.40. The number of ether oxygens (including phenoxy) is 1. The number of H-pyrrole nitrogens is 1. The Labute approximate surface area is 201 Å². The number of hydrogen-bond acceptors (Lipinski definition) is 8. The van der Waals surface area contributed by atoms with E-state index in [4.69, 9.17) is 30.7 Å². The number of carboxylic acid groups (broad SMARTS) is 1. The summed E-state index contributed by atoms with van der Waals surface area (Å²) < 4.78 is 69.3. The number of hydrogen-bond donors (Lipinski definition) is 4. The van der Waals surface area contributed by atoms with Crippen molar-refractivity contribution in [1.29, 1.82) is 0 Å². The molecule has 2 aromatic carbocycles. The van der Waals surface area contributed by atoms with Crippen LogP contribution < -0.4 is 21.1 Å². The van der Waals surface area contributed by atoms with E-state index in [2.05, 4.69) is 25.6 Å². The Morgan fingerprint density at radius 1 is 1.19 bits per heavy atom. The molecule has 0 fully saturated rings. The fourth-order valence-corrected chi connectivity index (χ4v) is 2.76. The van der Waals surface area contributed by atoms with E-state index in [1.807, 2.05) is 0 Å². The molecular weight excluding hydrogens is 521 g/mol. The van der Waals surface area contributed by atoms with Crippen molar-refractivity contribution in [1.82, 2.24) is 15.0 Å². The van der Waals surface area contributed by atoms with Crippen LogP contribution in [0.3, 0.4) is 0 Å². The van der Waals surface area contributed by atoms with Gasteiger partial charge in [0.25, 0.3) is 0 Å². The average molecular weight is 534 g/mol. The van der Waals surface area contributed by atoms with Crippen LogP contribution in [0.25, 0.3) is 11.1 Å². The van der Waals surface area contributed by atoms with Crippen molar-refractivity contribution >= 4 is 51.8 Å². The van der Waals surface area contributed by atoms with Gasteiger partial charge in [0.15, 0.2) is 28.8 Å². The Morgan fingerprint density at radius 2 is 1.89 bits per heavy atom. The predicted octanol–water partition coefficient (Wildman–Crippen LogP) is 4.97. The van der Waals surface area contributed by atoms with Crippen molar-refractivity contribution in [2.45, 2.75) is 6.18 Å². The van der Waals surface area contributed by atoms with Crippen molar-refractivity contribution in [2.24, 2.45) is 0 Å². The summed E-state index contributed by atoms with van der Waals surface area (Å²) in [5.74, 6) is -5.36. The highest BCUT2D eigenvalue weighted by molar-refractivity contribution is 6.32. The van der Waals surface area contributed by atoms with Gasteiger partial charge >= 0.3 is 17.9 Å². The lowest BCUT2D eigenvalue weighted by molar-refractivity contribution is -0.192. The first-order valence-corrected chi connectivity index (χ1v) is 9.78. The first kappa shape index (κ1) is 26.2. The predicted molar refractivity (Wildman–Crippen MR) is 117 cm³/mol. The quantitative estimate of drug-likeness (QED) is 0.261. The average Bonchev–Trinajstić information content (AvgIpc) is 3.17. The van der Waals surface area contributed by atoms with Crippen LogP contribution >= 0.6 is 11.6 Å². The van der Waals surface area contributed by atoms with Gasteiger partial charge in [-0.15, -0.1) is 0 Å². The van der Waals surface area contributed by atoms with Gasteiger partial charge in [-0.1, -0.05) is 11.6 Å². The molecule has 0 bridgehead atoms. The van der Waals surface area contributed by atoms with Gasteiger partial charge in [-0.2, -0.15) is 18.2 Å². The van der Waals surface area contributed by atoms with Gasteiger partial charge in [-0.3, -0.25) is 4.98 Å². The van der Waals surface area contributed by atoms with Gasteiger partial charge in [-0.25, -0.2) is 23.4 Å². The van der Waals surface area contributed by atoms with Crippen LogP contribution in [0.15, 0.2) is 45.7 Å². The molecule has 0 radical (unpaired) electrons. The number of nitrogens with one attached hydrogen (secondary N) is 3. The summed E-state index contributed by atoms with van der Waals surface area (Å²) in [6.07, 6.45) is -3.77. The maximum atomic E-state index is 14.3. The smallest absolute Gasteiger partial charge is 0.490 e. The molecule has 0 aliphatic rings. The molecule has 4 N–H and O–H groups in total. The third-order valence-electron chi connectivity index (χ3n) is 4.17. The van der Waals surface area contributed by atoms with Crippen LogP contribution in [-0.4, -0.2) is 39.3 Å². The molecule has 190 valence electrons. The molecule has 0 atom stereocenters. The minimum atomic E-state index is -5.08. The molecule has 10 nitrogen and oxygen atoms in total. The number of alkyl halides is 3. The number of fused-ring (bicyclic) bond motifs is 1. The van der Waals surface area contributed by atoms with Gasteiger partial charge in [0.2, 0.25) is 5.95 Å². The van der Waals surface area contributed by atoms with Crippen LogP contribution in [0.2, 0.25) is 5.02 Å². The van der Waals surface area contributed by atoms with Crippen LogP contribution in [0, 0.1) is 11.6 Å². The lowest BCUT2D eigenvalue weighted by Crippen LogP contribution is -2.21. The first-order valence-electron chi connectivity index (χ1n) is 9.40. The summed E-state index contributed by atoms with van der Waals surface area (Å²) in [5, 5.41) is 13.0. The number of carboxylic acids is 1. The minimum Gasteiger partial charge on any atom is -0.491 e.